The van der Waals surface area contributed by atoms with E-state index in [1.807, 2.05) is 30.3 Å². The van der Waals surface area contributed by atoms with Crippen molar-refractivity contribution in [3.63, 3.8) is 0 Å². The Hall–Kier alpha value is -2.04. The second kappa shape index (κ2) is 7.11. The molecule has 0 aromatic heterocycles. The molecule has 4 nitrogen and oxygen atoms in total. The molecule has 0 unspecified atom stereocenters. The van der Waals surface area contributed by atoms with Crippen LogP contribution in [0.5, 0.6) is 5.75 Å². The van der Waals surface area contributed by atoms with Crippen molar-refractivity contribution in [2.24, 2.45) is 0 Å². The molecule has 0 radical (unpaired) electrons. The first-order valence-corrected chi connectivity index (χ1v) is 6.92. The lowest BCUT2D eigenvalue weighted by molar-refractivity contribution is 0.0705. The van der Waals surface area contributed by atoms with E-state index in [2.05, 4.69) is 0 Å². The fourth-order valence-electron chi connectivity index (χ4n) is 2.03. The molecule has 0 atom stereocenters. The number of phenolic OH excluding ortho intramolecular Hbond substituents is 1. The summed E-state index contributed by atoms with van der Waals surface area (Å²) in [6.07, 6.45) is 0. The molecular formula is C16H16ClNO3. The molecular weight excluding hydrogens is 290 g/mol. The van der Waals surface area contributed by atoms with Gasteiger partial charge in [0.1, 0.15) is 5.75 Å². The van der Waals surface area contributed by atoms with E-state index in [9.17, 15) is 9.90 Å². The molecule has 2 aromatic carbocycles. The van der Waals surface area contributed by atoms with Crippen LogP contribution < -0.4 is 0 Å². The molecule has 0 saturated heterocycles. The number of hydrogen-bond acceptors (Lipinski definition) is 3. The monoisotopic (exact) mass is 305 g/mol. The Morgan fingerprint density at radius 2 is 1.86 bits per heavy atom. The number of amides is 1. The largest absolute Gasteiger partial charge is 0.507 e. The van der Waals surface area contributed by atoms with Crippen LogP contribution in [0.1, 0.15) is 15.9 Å². The van der Waals surface area contributed by atoms with Gasteiger partial charge in [-0.1, -0.05) is 41.9 Å². The number of aromatic hydroxyl groups is 1. The number of phenols is 1. The van der Waals surface area contributed by atoms with Gasteiger partial charge in [0.2, 0.25) is 0 Å². The number of hydrogen-bond donors (Lipinski definition) is 2. The minimum atomic E-state index is -0.368. The van der Waals surface area contributed by atoms with E-state index in [4.69, 9.17) is 16.7 Å². The normalized spacial score (nSPS) is 10.4. The Labute approximate surface area is 128 Å². The topological polar surface area (TPSA) is 60.8 Å². The number of halogens is 1. The van der Waals surface area contributed by atoms with Gasteiger partial charge in [0.05, 0.1) is 12.2 Å². The van der Waals surface area contributed by atoms with E-state index in [1.54, 1.807) is 0 Å². The lowest BCUT2D eigenvalue weighted by Gasteiger charge is -2.22. The Morgan fingerprint density at radius 1 is 1.14 bits per heavy atom. The summed E-state index contributed by atoms with van der Waals surface area (Å²) in [7, 11) is 0. The predicted octanol–water partition coefficient (Wildman–Crippen LogP) is 2.68. The summed E-state index contributed by atoms with van der Waals surface area (Å²) < 4.78 is 0. The van der Waals surface area contributed by atoms with Gasteiger partial charge in [0.15, 0.2) is 0 Å². The van der Waals surface area contributed by atoms with Crippen molar-refractivity contribution in [3.05, 3.63) is 64.7 Å². The van der Waals surface area contributed by atoms with E-state index in [-0.39, 0.29) is 30.4 Å². The number of carbonyl (C=O) groups excluding carboxylic acids is 1. The molecule has 0 heterocycles. The molecule has 0 aliphatic carbocycles. The van der Waals surface area contributed by atoms with Crippen molar-refractivity contribution in [2.45, 2.75) is 6.54 Å². The average Bonchev–Trinajstić information content (AvgIpc) is 2.49. The summed E-state index contributed by atoms with van der Waals surface area (Å²) >= 11 is 5.87. The maximum atomic E-state index is 12.5. The van der Waals surface area contributed by atoms with Gasteiger partial charge < -0.3 is 15.1 Å². The Kier molecular flexibility index (Phi) is 5.20. The second-order valence-electron chi connectivity index (χ2n) is 4.60. The van der Waals surface area contributed by atoms with Gasteiger partial charge in [0.25, 0.3) is 5.91 Å². The third-order valence-corrected chi connectivity index (χ3v) is 3.30. The van der Waals surface area contributed by atoms with E-state index in [0.29, 0.717) is 11.6 Å². The summed E-state index contributed by atoms with van der Waals surface area (Å²) in [6, 6.07) is 13.8. The van der Waals surface area contributed by atoms with E-state index < -0.39 is 0 Å². The molecule has 2 rings (SSSR count). The van der Waals surface area contributed by atoms with Crippen molar-refractivity contribution < 1.29 is 15.0 Å². The van der Waals surface area contributed by atoms with Gasteiger partial charge in [-0.3, -0.25) is 4.79 Å². The number of rotatable bonds is 5. The van der Waals surface area contributed by atoms with Crippen molar-refractivity contribution in [3.8, 4) is 5.75 Å². The molecule has 0 saturated carbocycles. The molecule has 0 spiro atoms. The van der Waals surface area contributed by atoms with E-state index in [0.717, 1.165) is 5.56 Å². The van der Waals surface area contributed by atoms with Gasteiger partial charge in [-0.25, -0.2) is 0 Å². The van der Waals surface area contributed by atoms with Crippen LogP contribution in [0.3, 0.4) is 0 Å². The summed E-state index contributed by atoms with van der Waals surface area (Å²) in [5, 5.41) is 19.3. The maximum Gasteiger partial charge on any atom is 0.258 e. The fraction of sp³-hybridized carbons (Fsp3) is 0.188. The van der Waals surface area contributed by atoms with Crippen molar-refractivity contribution in [2.75, 3.05) is 13.2 Å². The summed E-state index contributed by atoms with van der Waals surface area (Å²) in [5.41, 5.74) is 1.08. The molecule has 1 amide bonds. The van der Waals surface area contributed by atoms with Gasteiger partial charge in [0, 0.05) is 18.1 Å². The lowest BCUT2D eigenvalue weighted by Crippen LogP contribution is -2.33. The fourth-order valence-corrected chi connectivity index (χ4v) is 2.20. The second-order valence-corrected chi connectivity index (χ2v) is 5.03. The van der Waals surface area contributed by atoms with E-state index in [1.165, 1.54) is 23.1 Å². The van der Waals surface area contributed by atoms with Gasteiger partial charge >= 0.3 is 0 Å². The lowest BCUT2D eigenvalue weighted by atomic mass is 10.1. The predicted molar refractivity (Wildman–Crippen MR) is 81.4 cm³/mol. The molecule has 0 aliphatic heterocycles. The molecule has 0 bridgehead atoms. The maximum absolute atomic E-state index is 12.5. The van der Waals surface area contributed by atoms with Gasteiger partial charge in [-0.05, 0) is 23.8 Å². The number of aliphatic hydroxyl groups excluding tert-OH is 1. The highest BCUT2D eigenvalue weighted by Gasteiger charge is 2.19. The highest BCUT2D eigenvalue weighted by molar-refractivity contribution is 6.31. The highest BCUT2D eigenvalue weighted by atomic mass is 35.5. The zero-order valence-electron chi connectivity index (χ0n) is 11.4. The van der Waals surface area contributed by atoms with Gasteiger partial charge in [-0.2, -0.15) is 0 Å². The number of nitrogens with zero attached hydrogens (tertiary/aromatic N) is 1. The Bertz CT molecular complexity index is 616. The van der Waals surface area contributed by atoms with Crippen LogP contribution in [0.15, 0.2) is 48.5 Å². The first-order chi connectivity index (χ1) is 10.1. The summed E-state index contributed by atoms with van der Waals surface area (Å²) in [5.74, 6) is -0.492. The summed E-state index contributed by atoms with van der Waals surface area (Å²) in [6.45, 7) is 0.381. The van der Waals surface area contributed by atoms with Crippen LogP contribution in [-0.4, -0.2) is 34.2 Å². The number of aliphatic hydroxyl groups is 1. The molecule has 2 N–H and O–H groups in total. The minimum Gasteiger partial charge on any atom is -0.507 e. The molecule has 21 heavy (non-hydrogen) atoms. The van der Waals surface area contributed by atoms with Gasteiger partial charge in [-0.15, -0.1) is 0 Å². The van der Waals surface area contributed by atoms with Crippen LogP contribution in [0.4, 0.5) is 0 Å². The van der Waals surface area contributed by atoms with Crippen LogP contribution in [-0.2, 0) is 6.54 Å². The van der Waals surface area contributed by atoms with Crippen LogP contribution in [0, 0.1) is 0 Å². The van der Waals surface area contributed by atoms with Crippen LogP contribution in [0.25, 0.3) is 0 Å². The summed E-state index contributed by atoms with van der Waals surface area (Å²) in [4.78, 5) is 14.0. The quantitative estimate of drug-likeness (QED) is 0.893. The van der Waals surface area contributed by atoms with Crippen molar-refractivity contribution in [1.29, 1.82) is 0 Å². The zero-order valence-corrected chi connectivity index (χ0v) is 12.1. The first kappa shape index (κ1) is 15.4. The SMILES string of the molecule is O=C(c1cc(Cl)ccc1O)N(CCO)Cc1ccccc1. The average molecular weight is 306 g/mol. The van der Waals surface area contributed by atoms with Crippen LogP contribution >= 0.6 is 11.6 Å². The first-order valence-electron chi connectivity index (χ1n) is 6.54. The highest BCUT2D eigenvalue weighted by Crippen LogP contribution is 2.23. The molecule has 0 fully saturated rings. The number of benzene rings is 2. The molecule has 0 aliphatic rings. The Balaban J connectivity index is 2.25. The van der Waals surface area contributed by atoms with Crippen molar-refractivity contribution >= 4 is 17.5 Å². The zero-order chi connectivity index (χ0) is 15.2. The van der Waals surface area contributed by atoms with Crippen molar-refractivity contribution in [1.82, 2.24) is 4.90 Å². The molecule has 5 heteroatoms. The standard InChI is InChI=1S/C16H16ClNO3/c17-13-6-7-15(20)14(10-13)16(21)18(8-9-19)11-12-4-2-1-3-5-12/h1-7,10,19-20H,8-9,11H2. The van der Waals surface area contributed by atoms with Crippen LogP contribution in [0.2, 0.25) is 5.02 Å². The van der Waals surface area contributed by atoms with E-state index >= 15 is 0 Å². The third kappa shape index (κ3) is 3.97. The smallest absolute Gasteiger partial charge is 0.258 e. The Morgan fingerprint density at radius 3 is 2.52 bits per heavy atom. The number of carbonyl (C=O) groups is 1. The molecule has 110 valence electrons. The minimum absolute atomic E-state index is 0.125. The molecule has 2 aromatic rings. The third-order valence-electron chi connectivity index (χ3n) is 3.06.